The smallest absolute Gasteiger partial charge is 0.420 e. The van der Waals surface area contributed by atoms with E-state index in [1.807, 2.05) is 0 Å². The maximum absolute atomic E-state index is 12.7. The molecule has 1 rings (SSSR count). The number of rotatable bonds is 3. The number of benzene rings is 1. The standard InChI is InChI=1S/C12H10F3NO/c1-2-3-6-17-11-5-4-9(8-16)7-10(11)12(13,14)15/h2-5,7H,6H2,1H3/b3-2+. The number of halogens is 3. The number of nitrogens with zero attached hydrogens (tertiary/aromatic N) is 1. The molecule has 0 spiro atoms. The van der Waals surface area contributed by atoms with Crippen molar-refractivity contribution in [3.8, 4) is 11.8 Å². The molecule has 0 heterocycles. The van der Waals surface area contributed by atoms with Crippen LogP contribution in [0, 0.1) is 11.3 Å². The molecule has 2 nitrogen and oxygen atoms in total. The first-order valence-electron chi connectivity index (χ1n) is 4.84. The monoisotopic (exact) mass is 241 g/mol. The lowest BCUT2D eigenvalue weighted by Crippen LogP contribution is -2.09. The molecule has 17 heavy (non-hydrogen) atoms. The molecular formula is C12H10F3NO. The minimum absolute atomic E-state index is 0.0456. The van der Waals surface area contributed by atoms with Gasteiger partial charge in [-0.25, -0.2) is 0 Å². The molecule has 0 fully saturated rings. The Balaban J connectivity index is 3.08. The van der Waals surface area contributed by atoms with Crippen molar-refractivity contribution in [2.75, 3.05) is 6.61 Å². The molecule has 0 aliphatic carbocycles. The molecule has 0 N–H and O–H groups in total. The van der Waals surface area contributed by atoms with E-state index in [4.69, 9.17) is 10.00 Å². The summed E-state index contributed by atoms with van der Waals surface area (Å²) < 4.78 is 43.0. The Kier molecular flexibility index (Phi) is 4.16. The molecule has 0 atom stereocenters. The summed E-state index contributed by atoms with van der Waals surface area (Å²) in [5.74, 6) is -0.269. The van der Waals surface area contributed by atoms with Crippen LogP contribution < -0.4 is 4.74 Å². The number of alkyl halides is 3. The highest BCUT2D eigenvalue weighted by atomic mass is 19.4. The third-order valence-corrected chi connectivity index (χ3v) is 1.98. The molecule has 5 heteroatoms. The van der Waals surface area contributed by atoms with Crippen LogP contribution in [0.2, 0.25) is 0 Å². The Hall–Kier alpha value is -1.96. The first-order valence-corrected chi connectivity index (χ1v) is 4.84. The molecular weight excluding hydrogens is 231 g/mol. The largest absolute Gasteiger partial charge is 0.489 e. The fourth-order valence-corrected chi connectivity index (χ4v) is 1.18. The van der Waals surface area contributed by atoms with E-state index in [9.17, 15) is 13.2 Å². The maximum atomic E-state index is 12.7. The van der Waals surface area contributed by atoms with E-state index in [1.54, 1.807) is 25.1 Å². The fourth-order valence-electron chi connectivity index (χ4n) is 1.18. The molecule has 1 aromatic rings. The Bertz CT molecular complexity index is 458. The van der Waals surface area contributed by atoms with Crippen LogP contribution in [0.3, 0.4) is 0 Å². The minimum Gasteiger partial charge on any atom is -0.489 e. The molecule has 0 saturated carbocycles. The van der Waals surface area contributed by atoms with Crippen LogP contribution in [0.1, 0.15) is 18.1 Å². The lowest BCUT2D eigenvalue weighted by molar-refractivity contribution is -0.138. The van der Waals surface area contributed by atoms with E-state index in [-0.39, 0.29) is 17.9 Å². The maximum Gasteiger partial charge on any atom is 0.420 e. The van der Waals surface area contributed by atoms with Gasteiger partial charge in [-0.1, -0.05) is 12.2 Å². The fraction of sp³-hybridized carbons (Fsp3) is 0.250. The molecule has 0 aliphatic rings. The van der Waals surface area contributed by atoms with Gasteiger partial charge in [0.05, 0.1) is 17.2 Å². The van der Waals surface area contributed by atoms with Gasteiger partial charge in [-0.05, 0) is 25.1 Å². The molecule has 0 unspecified atom stereocenters. The normalized spacial score (nSPS) is 11.5. The second kappa shape index (κ2) is 5.39. The lowest BCUT2D eigenvalue weighted by atomic mass is 10.1. The van der Waals surface area contributed by atoms with Crippen molar-refractivity contribution in [2.45, 2.75) is 13.1 Å². The summed E-state index contributed by atoms with van der Waals surface area (Å²) in [6, 6.07) is 4.90. The quantitative estimate of drug-likeness (QED) is 0.758. The number of allylic oxidation sites excluding steroid dienone is 1. The number of hydrogen-bond acceptors (Lipinski definition) is 2. The average molecular weight is 241 g/mol. The number of hydrogen-bond donors (Lipinski definition) is 0. The van der Waals surface area contributed by atoms with E-state index in [1.165, 1.54) is 6.07 Å². The predicted molar refractivity (Wildman–Crippen MR) is 56.5 cm³/mol. The Morgan fingerprint density at radius 1 is 1.41 bits per heavy atom. The number of nitriles is 1. The van der Waals surface area contributed by atoms with Crippen molar-refractivity contribution in [3.63, 3.8) is 0 Å². The predicted octanol–water partition coefficient (Wildman–Crippen LogP) is 3.53. The van der Waals surface area contributed by atoms with Crippen LogP contribution in [0.15, 0.2) is 30.4 Å². The van der Waals surface area contributed by atoms with Gasteiger partial charge in [0.1, 0.15) is 12.4 Å². The van der Waals surface area contributed by atoms with Gasteiger partial charge < -0.3 is 4.74 Å². The zero-order valence-electron chi connectivity index (χ0n) is 9.08. The third-order valence-electron chi connectivity index (χ3n) is 1.98. The first-order chi connectivity index (χ1) is 7.99. The molecule has 0 saturated heterocycles. The van der Waals surface area contributed by atoms with Gasteiger partial charge in [0.25, 0.3) is 0 Å². The Morgan fingerprint density at radius 2 is 2.12 bits per heavy atom. The molecule has 0 radical (unpaired) electrons. The second-order valence-corrected chi connectivity index (χ2v) is 3.20. The highest BCUT2D eigenvalue weighted by Gasteiger charge is 2.34. The minimum atomic E-state index is -4.53. The molecule has 0 amide bonds. The van der Waals surface area contributed by atoms with E-state index < -0.39 is 11.7 Å². The summed E-state index contributed by atoms with van der Waals surface area (Å²) in [6.45, 7) is 1.80. The number of ether oxygens (including phenoxy) is 1. The van der Waals surface area contributed by atoms with Crippen molar-refractivity contribution in [3.05, 3.63) is 41.5 Å². The average Bonchev–Trinajstić information content (AvgIpc) is 2.28. The second-order valence-electron chi connectivity index (χ2n) is 3.20. The highest BCUT2D eigenvalue weighted by molar-refractivity contribution is 5.43. The highest BCUT2D eigenvalue weighted by Crippen LogP contribution is 2.36. The Morgan fingerprint density at radius 3 is 2.65 bits per heavy atom. The van der Waals surface area contributed by atoms with E-state index in [0.29, 0.717) is 0 Å². The van der Waals surface area contributed by atoms with E-state index in [0.717, 1.165) is 12.1 Å². The molecule has 0 aliphatic heterocycles. The summed E-state index contributed by atoms with van der Waals surface area (Å²) in [5, 5.41) is 8.56. The zero-order chi connectivity index (χ0) is 12.9. The zero-order valence-corrected chi connectivity index (χ0v) is 9.08. The van der Waals surface area contributed by atoms with Crippen LogP contribution in [0.25, 0.3) is 0 Å². The summed E-state index contributed by atoms with van der Waals surface area (Å²) in [6.07, 6.45) is -1.26. The van der Waals surface area contributed by atoms with Gasteiger partial charge in [-0.15, -0.1) is 0 Å². The van der Waals surface area contributed by atoms with Crippen molar-refractivity contribution in [1.82, 2.24) is 0 Å². The van der Waals surface area contributed by atoms with Gasteiger partial charge in [0.15, 0.2) is 0 Å². The van der Waals surface area contributed by atoms with Crippen molar-refractivity contribution in [2.24, 2.45) is 0 Å². The summed E-state index contributed by atoms with van der Waals surface area (Å²) in [5.41, 5.74) is -0.975. The SMILES string of the molecule is C/C=C/COc1ccc(C#N)cc1C(F)(F)F. The van der Waals surface area contributed by atoms with Gasteiger partial charge >= 0.3 is 6.18 Å². The molecule has 0 aromatic heterocycles. The van der Waals surface area contributed by atoms with Crippen LogP contribution in [-0.2, 0) is 6.18 Å². The van der Waals surface area contributed by atoms with Gasteiger partial charge in [0, 0.05) is 0 Å². The topological polar surface area (TPSA) is 33.0 Å². The first kappa shape index (κ1) is 13.1. The van der Waals surface area contributed by atoms with Gasteiger partial charge in [-0.2, -0.15) is 18.4 Å². The van der Waals surface area contributed by atoms with Gasteiger partial charge in [0.2, 0.25) is 0 Å². The van der Waals surface area contributed by atoms with Crippen LogP contribution in [-0.4, -0.2) is 6.61 Å². The summed E-state index contributed by atoms with van der Waals surface area (Å²) >= 11 is 0. The lowest BCUT2D eigenvalue weighted by Gasteiger charge is -2.13. The van der Waals surface area contributed by atoms with Gasteiger partial charge in [-0.3, -0.25) is 0 Å². The van der Waals surface area contributed by atoms with Crippen molar-refractivity contribution < 1.29 is 17.9 Å². The van der Waals surface area contributed by atoms with Crippen molar-refractivity contribution in [1.29, 1.82) is 5.26 Å². The van der Waals surface area contributed by atoms with Crippen LogP contribution >= 0.6 is 0 Å². The molecule has 90 valence electrons. The third kappa shape index (κ3) is 3.52. The molecule has 1 aromatic carbocycles. The molecule has 0 bridgehead atoms. The van der Waals surface area contributed by atoms with E-state index in [2.05, 4.69) is 0 Å². The summed E-state index contributed by atoms with van der Waals surface area (Å²) in [4.78, 5) is 0. The van der Waals surface area contributed by atoms with Crippen LogP contribution in [0.4, 0.5) is 13.2 Å². The summed E-state index contributed by atoms with van der Waals surface area (Å²) in [7, 11) is 0. The van der Waals surface area contributed by atoms with E-state index >= 15 is 0 Å². The Labute approximate surface area is 96.9 Å². The van der Waals surface area contributed by atoms with Crippen molar-refractivity contribution >= 4 is 0 Å². The van der Waals surface area contributed by atoms with Crippen LogP contribution in [0.5, 0.6) is 5.75 Å².